The van der Waals surface area contributed by atoms with Gasteiger partial charge in [-0.15, -0.1) is 0 Å². The lowest BCUT2D eigenvalue weighted by Gasteiger charge is -2.18. The zero-order valence-corrected chi connectivity index (χ0v) is 17.3. The fourth-order valence-corrected chi connectivity index (χ4v) is 4.29. The third-order valence-electron chi connectivity index (χ3n) is 4.16. The van der Waals surface area contributed by atoms with Gasteiger partial charge in [-0.25, -0.2) is 4.98 Å². The number of hydrogen-bond donors (Lipinski definition) is 0. The molecule has 0 saturated carbocycles. The summed E-state index contributed by atoms with van der Waals surface area (Å²) in [5.74, 6) is -0.297. The first-order chi connectivity index (χ1) is 13.5. The lowest BCUT2D eigenvalue weighted by atomic mass is 10.2. The minimum atomic E-state index is -0.441. The van der Waals surface area contributed by atoms with E-state index < -0.39 is 5.25 Å². The van der Waals surface area contributed by atoms with Crippen LogP contribution < -0.4 is 5.56 Å². The topological polar surface area (TPSA) is 61.2 Å². The van der Waals surface area contributed by atoms with Gasteiger partial charge in [0.05, 0.1) is 23.2 Å². The number of aromatic nitrogens is 2. The van der Waals surface area contributed by atoms with Crippen LogP contribution in [0.15, 0.2) is 58.5 Å². The average molecular weight is 417 g/mol. The van der Waals surface area contributed by atoms with Crippen molar-refractivity contribution in [3.05, 3.63) is 63.9 Å². The molecule has 5 nitrogen and oxygen atoms in total. The van der Waals surface area contributed by atoms with Crippen LogP contribution in [0.4, 0.5) is 0 Å². The smallest absolute Gasteiger partial charge is 0.319 e. The third-order valence-corrected chi connectivity index (χ3v) is 5.59. The van der Waals surface area contributed by atoms with Gasteiger partial charge in [0.1, 0.15) is 5.25 Å². The van der Waals surface area contributed by atoms with E-state index in [-0.39, 0.29) is 11.5 Å². The maximum Gasteiger partial charge on any atom is 0.319 e. The van der Waals surface area contributed by atoms with Gasteiger partial charge in [0.15, 0.2) is 5.16 Å². The van der Waals surface area contributed by atoms with E-state index >= 15 is 0 Å². The van der Waals surface area contributed by atoms with E-state index in [9.17, 15) is 9.59 Å². The van der Waals surface area contributed by atoms with Gasteiger partial charge in [-0.05, 0) is 43.7 Å². The van der Waals surface area contributed by atoms with Gasteiger partial charge < -0.3 is 4.74 Å². The maximum absolute atomic E-state index is 13.2. The first-order valence-corrected chi connectivity index (χ1v) is 10.4. The molecule has 0 aliphatic carbocycles. The summed E-state index contributed by atoms with van der Waals surface area (Å²) < 4.78 is 6.73. The van der Waals surface area contributed by atoms with E-state index in [4.69, 9.17) is 16.3 Å². The van der Waals surface area contributed by atoms with Crippen LogP contribution in [0.2, 0.25) is 5.02 Å². The van der Waals surface area contributed by atoms with Gasteiger partial charge in [0.25, 0.3) is 5.56 Å². The molecule has 146 valence electrons. The molecule has 0 spiro atoms. The van der Waals surface area contributed by atoms with E-state index in [1.165, 1.54) is 16.3 Å². The predicted molar refractivity (Wildman–Crippen MR) is 114 cm³/mol. The van der Waals surface area contributed by atoms with Crippen LogP contribution in [0.5, 0.6) is 0 Å². The highest BCUT2D eigenvalue weighted by atomic mass is 35.5. The molecule has 0 unspecified atom stereocenters. The van der Waals surface area contributed by atoms with E-state index in [2.05, 4.69) is 4.98 Å². The Morgan fingerprint density at radius 3 is 2.71 bits per heavy atom. The second-order valence-corrected chi connectivity index (χ2v) is 7.79. The fraction of sp³-hybridized carbons (Fsp3) is 0.286. The number of benzene rings is 2. The molecule has 7 heteroatoms. The Labute approximate surface area is 172 Å². The maximum atomic E-state index is 13.2. The molecular weight excluding hydrogens is 396 g/mol. The summed E-state index contributed by atoms with van der Waals surface area (Å²) >= 11 is 7.40. The summed E-state index contributed by atoms with van der Waals surface area (Å²) in [6.07, 6.45) is 1.44. The van der Waals surface area contributed by atoms with Crippen molar-refractivity contribution in [1.82, 2.24) is 9.55 Å². The Kier molecular flexibility index (Phi) is 6.75. The molecule has 0 fully saturated rings. The SMILES string of the molecule is CCC[C@@H](Sc1nc2ccccc2c(=O)n1-c1cccc(Cl)c1)C(=O)OCC. The Bertz CT molecular complexity index is 1050. The predicted octanol–water partition coefficient (Wildman–Crippen LogP) is 4.86. The molecule has 1 atom stereocenters. The van der Waals surface area contributed by atoms with Crippen molar-refractivity contribution in [3.63, 3.8) is 0 Å². The molecule has 0 amide bonds. The number of thioether (sulfide) groups is 1. The normalized spacial score (nSPS) is 12.1. The van der Waals surface area contributed by atoms with Crippen molar-refractivity contribution >= 4 is 40.2 Å². The average Bonchev–Trinajstić information content (AvgIpc) is 2.68. The highest BCUT2D eigenvalue weighted by molar-refractivity contribution is 8.00. The summed E-state index contributed by atoms with van der Waals surface area (Å²) in [6, 6.07) is 14.2. The number of ether oxygens (including phenoxy) is 1. The Balaban J connectivity index is 2.18. The first kappa shape index (κ1) is 20.4. The molecule has 0 aliphatic heterocycles. The number of para-hydroxylation sites is 1. The largest absolute Gasteiger partial charge is 0.465 e. The first-order valence-electron chi connectivity index (χ1n) is 9.16. The van der Waals surface area contributed by atoms with Crippen LogP contribution in [0.25, 0.3) is 16.6 Å². The van der Waals surface area contributed by atoms with Crippen LogP contribution in [-0.2, 0) is 9.53 Å². The van der Waals surface area contributed by atoms with Gasteiger partial charge in [0, 0.05) is 5.02 Å². The van der Waals surface area contributed by atoms with Crippen molar-refractivity contribution in [2.45, 2.75) is 37.1 Å². The number of halogens is 1. The number of esters is 1. The van der Waals surface area contributed by atoms with Crippen molar-refractivity contribution in [2.75, 3.05) is 6.61 Å². The molecule has 3 aromatic rings. The van der Waals surface area contributed by atoms with Crippen LogP contribution >= 0.6 is 23.4 Å². The Morgan fingerprint density at radius 1 is 1.21 bits per heavy atom. The van der Waals surface area contributed by atoms with E-state index in [0.717, 1.165) is 6.42 Å². The van der Waals surface area contributed by atoms with E-state index in [1.807, 2.05) is 13.0 Å². The quantitative estimate of drug-likeness (QED) is 0.312. The summed E-state index contributed by atoms with van der Waals surface area (Å²) in [5, 5.41) is 1.03. The molecular formula is C21H21ClN2O3S. The van der Waals surface area contributed by atoms with Crippen LogP contribution in [-0.4, -0.2) is 27.4 Å². The van der Waals surface area contributed by atoms with Gasteiger partial charge in [-0.3, -0.25) is 14.2 Å². The summed E-state index contributed by atoms with van der Waals surface area (Å²) in [5.41, 5.74) is 0.999. The molecule has 2 aromatic carbocycles. The standard InChI is InChI=1S/C21H21ClN2O3S/c1-3-8-18(20(26)27-4-2)28-21-23-17-12-6-5-11-16(17)19(25)24(21)15-10-7-9-14(22)13-15/h5-7,9-13,18H,3-4,8H2,1-2H3/t18-/m1/s1. The molecule has 0 radical (unpaired) electrons. The second-order valence-electron chi connectivity index (χ2n) is 6.18. The molecule has 3 rings (SSSR count). The number of fused-ring (bicyclic) bond motifs is 1. The lowest BCUT2D eigenvalue weighted by molar-refractivity contribution is -0.142. The van der Waals surface area contributed by atoms with E-state index in [1.54, 1.807) is 49.4 Å². The number of carbonyl (C=O) groups is 1. The van der Waals surface area contributed by atoms with Gasteiger partial charge >= 0.3 is 5.97 Å². The molecule has 0 aliphatic rings. The number of hydrogen-bond acceptors (Lipinski definition) is 5. The molecule has 0 N–H and O–H groups in total. The molecule has 1 aromatic heterocycles. The highest BCUT2D eigenvalue weighted by Gasteiger charge is 2.24. The molecule has 28 heavy (non-hydrogen) atoms. The third kappa shape index (κ3) is 4.39. The minimum absolute atomic E-state index is 0.200. The van der Waals surface area contributed by atoms with Crippen molar-refractivity contribution in [3.8, 4) is 5.69 Å². The monoisotopic (exact) mass is 416 g/mol. The van der Waals surface area contributed by atoms with Crippen LogP contribution in [0.1, 0.15) is 26.7 Å². The summed E-state index contributed by atoms with van der Waals surface area (Å²) in [7, 11) is 0. The second kappa shape index (κ2) is 9.26. The Hall–Kier alpha value is -2.31. The fourth-order valence-electron chi connectivity index (χ4n) is 2.88. The molecule has 1 heterocycles. The van der Waals surface area contributed by atoms with Crippen LogP contribution in [0.3, 0.4) is 0 Å². The van der Waals surface area contributed by atoms with Crippen molar-refractivity contribution < 1.29 is 9.53 Å². The highest BCUT2D eigenvalue weighted by Crippen LogP contribution is 2.29. The zero-order chi connectivity index (χ0) is 20.1. The van der Waals surface area contributed by atoms with Crippen LogP contribution in [0, 0.1) is 0 Å². The van der Waals surface area contributed by atoms with E-state index in [0.29, 0.717) is 39.8 Å². The lowest BCUT2D eigenvalue weighted by Crippen LogP contribution is -2.25. The minimum Gasteiger partial charge on any atom is -0.465 e. The molecule has 0 bridgehead atoms. The van der Waals surface area contributed by atoms with Crippen molar-refractivity contribution in [2.24, 2.45) is 0 Å². The van der Waals surface area contributed by atoms with Gasteiger partial charge in [0.2, 0.25) is 0 Å². The molecule has 0 saturated heterocycles. The summed E-state index contributed by atoms with van der Waals surface area (Å²) in [4.78, 5) is 30.3. The number of nitrogens with zero attached hydrogens (tertiary/aromatic N) is 2. The van der Waals surface area contributed by atoms with Gasteiger partial charge in [-0.1, -0.05) is 54.9 Å². The van der Waals surface area contributed by atoms with Crippen molar-refractivity contribution in [1.29, 1.82) is 0 Å². The van der Waals surface area contributed by atoms with Gasteiger partial charge in [-0.2, -0.15) is 0 Å². The zero-order valence-electron chi connectivity index (χ0n) is 15.7. The number of rotatable bonds is 7. The Morgan fingerprint density at radius 2 is 2.00 bits per heavy atom. The number of carbonyl (C=O) groups excluding carboxylic acids is 1. The summed E-state index contributed by atoms with van der Waals surface area (Å²) in [6.45, 7) is 4.10.